The number of hydrogen-bond acceptors (Lipinski definition) is 4. The van der Waals surface area contributed by atoms with Crippen LogP contribution in [0.1, 0.15) is 11.8 Å². The van der Waals surface area contributed by atoms with Gasteiger partial charge in [0.25, 0.3) is 0 Å². The van der Waals surface area contributed by atoms with Gasteiger partial charge in [0.15, 0.2) is 0 Å². The predicted octanol–water partition coefficient (Wildman–Crippen LogP) is 3.02. The molecule has 1 aromatic heterocycles. The van der Waals surface area contributed by atoms with Crippen LogP contribution < -0.4 is 10.6 Å². The van der Waals surface area contributed by atoms with Crippen molar-refractivity contribution in [2.45, 2.75) is 13.5 Å². The van der Waals surface area contributed by atoms with Crippen LogP contribution in [0.4, 0.5) is 11.4 Å². The first-order valence-corrected chi connectivity index (χ1v) is 6.40. The molecule has 0 atom stereocenters. The van der Waals surface area contributed by atoms with E-state index in [1.165, 1.54) is 6.92 Å². The molecule has 1 amide bonds. The van der Waals surface area contributed by atoms with E-state index >= 15 is 0 Å². The lowest BCUT2D eigenvalue weighted by molar-refractivity contribution is -0.114. The molecule has 0 spiro atoms. The number of amides is 1. The summed E-state index contributed by atoms with van der Waals surface area (Å²) < 4.78 is 0. The molecule has 0 saturated heterocycles. The molecule has 0 aliphatic carbocycles. The van der Waals surface area contributed by atoms with Crippen molar-refractivity contribution in [2.75, 3.05) is 10.6 Å². The van der Waals surface area contributed by atoms with E-state index in [0.717, 1.165) is 16.3 Å². The molecule has 0 unspecified atom stereocenters. The first-order valence-electron chi connectivity index (χ1n) is 5.52. The maximum Gasteiger partial charge on any atom is 0.221 e. The van der Waals surface area contributed by atoms with Crippen LogP contribution in [0.15, 0.2) is 35.7 Å². The lowest BCUT2D eigenvalue weighted by atomic mass is 10.3. The third-order valence-electron chi connectivity index (χ3n) is 2.38. The minimum Gasteiger partial charge on any atom is -0.508 e. The molecule has 0 aliphatic heterocycles. The van der Waals surface area contributed by atoms with E-state index in [0.29, 0.717) is 6.54 Å². The van der Waals surface area contributed by atoms with Gasteiger partial charge < -0.3 is 15.7 Å². The molecule has 2 rings (SSSR count). The van der Waals surface area contributed by atoms with E-state index < -0.39 is 0 Å². The van der Waals surface area contributed by atoms with Gasteiger partial charge in [-0.1, -0.05) is 0 Å². The van der Waals surface area contributed by atoms with Crippen LogP contribution in [-0.4, -0.2) is 11.0 Å². The lowest BCUT2D eigenvalue weighted by Crippen LogP contribution is -2.08. The van der Waals surface area contributed by atoms with Gasteiger partial charge in [-0.2, -0.15) is 0 Å². The smallest absolute Gasteiger partial charge is 0.221 e. The summed E-state index contributed by atoms with van der Waals surface area (Å²) in [5.41, 5.74) is 1.77. The van der Waals surface area contributed by atoms with Gasteiger partial charge in [0.05, 0.1) is 12.2 Å². The van der Waals surface area contributed by atoms with Gasteiger partial charge in [-0.05, 0) is 35.7 Å². The summed E-state index contributed by atoms with van der Waals surface area (Å²) in [5, 5.41) is 17.1. The molecular weight excluding hydrogens is 248 g/mol. The van der Waals surface area contributed by atoms with E-state index in [1.807, 2.05) is 11.4 Å². The Kier molecular flexibility index (Phi) is 3.84. The van der Waals surface area contributed by atoms with Crippen LogP contribution in [0.3, 0.4) is 0 Å². The average Bonchev–Trinajstić information content (AvgIpc) is 2.75. The molecule has 3 N–H and O–H groups in total. The molecule has 1 aromatic carbocycles. The fraction of sp³-hybridized carbons (Fsp3) is 0.154. The number of aromatic hydroxyl groups is 1. The SMILES string of the molecule is CC(=O)Nc1ccsc1CNc1ccc(O)cc1. The topological polar surface area (TPSA) is 61.4 Å². The molecule has 0 aliphatic rings. The van der Waals surface area contributed by atoms with Crippen molar-refractivity contribution in [1.29, 1.82) is 0 Å². The van der Waals surface area contributed by atoms with Gasteiger partial charge >= 0.3 is 0 Å². The number of phenolic OH excluding ortho intramolecular Hbond substituents is 1. The van der Waals surface area contributed by atoms with Gasteiger partial charge in [0, 0.05) is 17.5 Å². The number of carbonyl (C=O) groups is 1. The van der Waals surface area contributed by atoms with Crippen LogP contribution in [-0.2, 0) is 11.3 Å². The molecular formula is C13H14N2O2S. The first kappa shape index (κ1) is 12.4. The molecule has 4 nitrogen and oxygen atoms in total. The minimum absolute atomic E-state index is 0.0701. The highest BCUT2D eigenvalue weighted by Gasteiger charge is 2.05. The molecule has 0 fully saturated rings. The Bertz CT molecular complexity index is 534. The molecule has 0 radical (unpaired) electrons. The number of rotatable bonds is 4. The van der Waals surface area contributed by atoms with Gasteiger partial charge in [-0.15, -0.1) is 11.3 Å². The Labute approximate surface area is 109 Å². The van der Waals surface area contributed by atoms with Crippen molar-refractivity contribution >= 4 is 28.6 Å². The van der Waals surface area contributed by atoms with Crippen LogP contribution >= 0.6 is 11.3 Å². The second kappa shape index (κ2) is 5.55. The first-order chi connectivity index (χ1) is 8.65. The normalized spacial score (nSPS) is 10.1. The molecule has 94 valence electrons. The summed E-state index contributed by atoms with van der Waals surface area (Å²) in [6.45, 7) is 2.13. The van der Waals surface area contributed by atoms with Crippen molar-refractivity contribution < 1.29 is 9.90 Å². The zero-order chi connectivity index (χ0) is 13.0. The number of nitrogens with one attached hydrogen (secondary N) is 2. The Morgan fingerprint density at radius 1 is 1.28 bits per heavy atom. The average molecular weight is 262 g/mol. The minimum atomic E-state index is -0.0701. The summed E-state index contributed by atoms with van der Waals surface area (Å²) in [4.78, 5) is 12.1. The molecule has 2 aromatic rings. The van der Waals surface area contributed by atoms with Crippen molar-refractivity contribution in [3.63, 3.8) is 0 Å². The molecule has 18 heavy (non-hydrogen) atoms. The standard InChI is InChI=1S/C13H14N2O2S/c1-9(16)15-12-6-7-18-13(12)8-14-10-2-4-11(17)5-3-10/h2-7,14,17H,8H2,1H3,(H,15,16). The van der Waals surface area contributed by atoms with Crippen molar-refractivity contribution in [1.82, 2.24) is 0 Å². The summed E-state index contributed by atoms with van der Waals surface area (Å²) in [6, 6.07) is 8.76. The monoisotopic (exact) mass is 262 g/mol. The predicted molar refractivity (Wildman–Crippen MR) is 74.1 cm³/mol. The fourth-order valence-electron chi connectivity index (χ4n) is 1.54. The lowest BCUT2D eigenvalue weighted by Gasteiger charge is -2.07. The van der Waals surface area contributed by atoms with Crippen LogP contribution in [0, 0.1) is 0 Å². The van der Waals surface area contributed by atoms with Gasteiger partial charge in [0.2, 0.25) is 5.91 Å². The highest BCUT2D eigenvalue weighted by Crippen LogP contribution is 2.24. The van der Waals surface area contributed by atoms with E-state index in [9.17, 15) is 9.90 Å². The van der Waals surface area contributed by atoms with E-state index in [1.54, 1.807) is 35.6 Å². The number of thiophene rings is 1. The highest BCUT2D eigenvalue weighted by atomic mass is 32.1. The second-order valence-corrected chi connectivity index (χ2v) is 4.84. The van der Waals surface area contributed by atoms with Crippen LogP contribution in [0.25, 0.3) is 0 Å². The Balaban J connectivity index is 1.99. The van der Waals surface area contributed by atoms with Gasteiger partial charge in [-0.3, -0.25) is 4.79 Å². The van der Waals surface area contributed by atoms with Crippen molar-refractivity contribution in [3.05, 3.63) is 40.6 Å². The third-order valence-corrected chi connectivity index (χ3v) is 3.30. The number of hydrogen-bond donors (Lipinski definition) is 3. The summed E-state index contributed by atoms with van der Waals surface area (Å²) in [7, 11) is 0. The van der Waals surface area contributed by atoms with E-state index in [-0.39, 0.29) is 11.7 Å². The Morgan fingerprint density at radius 2 is 2.00 bits per heavy atom. The van der Waals surface area contributed by atoms with Crippen molar-refractivity contribution in [2.24, 2.45) is 0 Å². The molecule has 0 bridgehead atoms. The second-order valence-electron chi connectivity index (χ2n) is 3.84. The maximum absolute atomic E-state index is 11.0. The number of carbonyl (C=O) groups excluding carboxylic acids is 1. The maximum atomic E-state index is 11.0. The number of phenols is 1. The van der Waals surface area contributed by atoms with Gasteiger partial charge in [-0.25, -0.2) is 0 Å². The van der Waals surface area contributed by atoms with Gasteiger partial charge in [0.1, 0.15) is 5.75 Å². The van der Waals surface area contributed by atoms with Crippen LogP contribution in [0.2, 0.25) is 0 Å². The molecule has 5 heteroatoms. The molecule has 1 heterocycles. The zero-order valence-electron chi connectivity index (χ0n) is 9.93. The Hall–Kier alpha value is -2.01. The number of anilines is 2. The van der Waals surface area contributed by atoms with Crippen LogP contribution in [0.5, 0.6) is 5.75 Å². The third kappa shape index (κ3) is 3.24. The number of benzene rings is 1. The van der Waals surface area contributed by atoms with E-state index in [2.05, 4.69) is 10.6 Å². The summed E-state index contributed by atoms with van der Waals surface area (Å²) >= 11 is 1.59. The Morgan fingerprint density at radius 3 is 2.67 bits per heavy atom. The quantitative estimate of drug-likeness (QED) is 0.742. The summed E-state index contributed by atoms with van der Waals surface area (Å²) in [5.74, 6) is 0.176. The van der Waals surface area contributed by atoms with E-state index in [4.69, 9.17) is 0 Å². The summed E-state index contributed by atoms with van der Waals surface area (Å²) in [6.07, 6.45) is 0. The zero-order valence-corrected chi connectivity index (χ0v) is 10.8. The highest BCUT2D eigenvalue weighted by molar-refractivity contribution is 7.10. The largest absolute Gasteiger partial charge is 0.508 e. The molecule has 0 saturated carbocycles. The van der Waals surface area contributed by atoms with Crippen molar-refractivity contribution in [3.8, 4) is 5.75 Å². The fourth-order valence-corrected chi connectivity index (χ4v) is 2.31.